The maximum atomic E-state index is 12.6. The average molecular weight is 407 g/mol. The van der Waals surface area contributed by atoms with Crippen molar-refractivity contribution in [2.75, 3.05) is 25.9 Å². The number of hydrogen-bond acceptors (Lipinski definition) is 5. The molecule has 2 amide bonds. The van der Waals surface area contributed by atoms with Gasteiger partial charge in [-0.05, 0) is 35.2 Å². The van der Waals surface area contributed by atoms with Gasteiger partial charge < -0.3 is 25.6 Å². The first-order valence-electron chi connectivity index (χ1n) is 9.51. The number of hydrogen-bond donors (Lipinski definition) is 3. The summed E-state index contributed by atoms with van der Waals surface area (Å²) < 4.78 is 2.07. The van der Waals surface area contributed by atoms with E-state index in [1.807, 2.05) is 31.3 Å². The van der Waals surface area contributed by atoms with Crippen LogP contribution in [-0.2, 0) is 18.4 Å². The van der Waals surface area contributed by atoms with Crippen LogP contribution in [0.15, 0.2) is 48.7 Å². The van der Waals surface area contributed by atoms with Crippen molar-refractivity contribution >= 4 is 34.6 Å². The summed E-state index contributed by atoms with van der Waals surface area (Å²) in [4.78, 5) is 30.3. The monoisotopic (exact) mass is 407 g/mol. The normalized spacial score (nSPS) is 11.2. The number of nitrogen functional groups attached to an aromatic ring is 1. The molecule has 0 unspecified atom stereocenters. The van der Waals surface area contributed by atoms with Crippen LogP contribution in [0.1, 0.15) is 21.6 Å². The molecule has 8 nitrogen and oxygen atoms in total. The zero-order chi connectivity index (χ0) is 21.7. The number of nitrogens with zero attached hydrogens (tertiary/aromatic N) is 3. The Labute approximate surface area is 174 Å². The Morgan fingerprint density at radius 1 is 1.30 bits per heavy atom. The van der Waals surface area contributed by atoms with Gasteiger partial charge in [0.05, 0.1) is 18.7 Å². The Morgan fingerprint density at radius 2 is 2.07 bits per heavy atom. The van der Waals surface area contributed by atoms with Crippen molar-refractivity contribution < 1.29 is 14.7 Å². The van der Waals surface area contributed by atoms with E-state index < -0.39 is 5.91 Å². The second-order valence-corrected chi connectivity index (χ2v) is 6.96. The fraction of sp³-hybridized carbons (Fsp3) is 0.227. The largest absolute Gasteiger partial charge is 0.395 e. The molecule has 156 valence electrons. The molecular formula is C22H25N5O3. The number of carbonyl (C=O) groups excluding carboxylic acids is 2. The molecule has 0 saturated carbocycles. The Balaban J connectivity index is 1.70. The number of pyridine rings is 1. The number of nitrogens with one attached hydrogen (secondary N) is 1. The topological polar surface area (TPSA) is 113 Å². The number of likely N-dealkylation sites (N-methyl/N-ethyl adjacent to an activating group) is 1. The van der Waals surface area contributed by atoms with Gasteiger partial charge >= 0.3 is 0 Å². The number of fused-ring (bicyclic) bond motifs is 1. The summed E-state index contributed by atoms with van der Waals surface area (Å²) in [5, 5.41) is 12.5. The lowest BCUT2D eigenvalue weighted by Gasteiger charge is -2.16. The molecule has 0 fully saturated rings. The third-order valence-corrected chi connectivity index (χ3v) is 4.83. The maximum Gasteiger partial charge on any atom is 0.255 e. The summed E-state index contributed by atoms with van der Waals surface area (Å²) in [6.07, 6.45) is 4.52. The minimum absolute atomic E-state index is 0.0850. The summed E-state index contributed by atoms with van der Waals surface area (Å²) in [6, 6.07) is 11.7. The molecule has 8 heteroatoms. The third-order valence-electron chi connectivity index (χ3n) is 4.83. The van der Waals surface area contributed by atoms with Gasteiger partial charge in [0.2, 0.25) is 5.91 Å². The second kappa shape index (κ2) is 9.23. The third kappa shape index (κ3) is 4.66. The van der Waals surface area contributed by atoms with Gasteiger partial charge in [0.1, 0.15) is 5.82 Å². The lowest BCUT2D eigenvalue weighted by Crippen LogP contribution is -2.27. The lowest BCUT2D eigenvalue weighted by atomic mass is 10.1. The van der Waals surface area contributed by atoms with Crippen LogP contribution in [0.2, 0.25) is 0 Å². The summed E-state index contributed by atoms with van der Waals surface area (Å²) in [5.74, 6) is -0.520. The number of aliphatic hydroxyl groups is 1. The summed E-state index contributed by atoms with van der Waals surface area (Å²) >= 11 is 0. The first-order valence-corrected chi connectivity index (χ1v) is 9.51. The highest BCUT2D eigenvalue weighted by Crippen LogP contribution is 2.19. The van der Waals surface area contributed by atoms with Crippen molar-refractivity contribution in [3.63, 3.8) is 0 Å². The highest BCUT2D eigenvalue weighted by atomic mass is 16.3. The first-order chi connectivity index (χ1) is 14.4. The minimum Gasteiger partial charge on any atom is -0.395 e. The zero-order valence-corrected chi connectivity index (χ0v) is 17.0. The number of carbonyl (C=O) groups is 2. The molecular weight excluding hydrogens is 382 g/mol. The van der Waals surface area contributed by atoms with Crippen LogP contribution in [-0.4, -0.2) is 51.6 Å². The molecule has 0 aliphatic rings. The average Bonchev–Trinajstić information content (AvgIpc) is 3.06. The molecule has 3 rings (SSSR count). The molecule has 0 bridgehead atoms. The second-order valence-electron chi connectivity index (χ2n) is 6.96. The van der Waals surface area contributed by atoms with Gasteiger partial charge in [-0.3, -0.25) is 9.59 Å². The number of anilines is 1. The van der Waals surface area contributed by atoms with Crippen LogP contribution < -0.4 is 11.1 Å². The summed E-state index contributed by atoms with van der Waals surface area (Å²) in [5.41, 5.74) is 8.67. The molecule has 0 radical (unpaired) electrons. The van der Waals surface area contributed by atoms with Gasteiger partial charge in [-0.2, -0.15) is 0 Å². The van der Waals surface area contributed by atoms with Crippen molar-refractivity contribution in [1.82, 2.24) is 19.8 Å². The molecule has 0 aliphatic heterocycles. The maximum absolute atomic E-state index is 12.6. The van der Waals surface area contributed by atoms with E-state index in [-0.39, 0.29) is 30.4 Å². The molecule has 1 aromatic carbocycles. The quantitative estimate of drug-likeness (QED) is 0.514. The number of benzene rings is 1. The van der Waals surface area contributed by atoms with E-state index in [4.69, 9.17) is 10.8 Å². The molecule has 0 atom stereocenters. The molecule has 0 spiro atoms. The number of aryl methyl sites for hydroxylation is 1. The Kier molecular flexibility index (Phi) is 6.48. The number of para-hydroxylation sites is 1. The first kappa shape index (κ1) is 21.1. The minimum atomic E-state index is -0.427. The number of aromatic nitrogens is 2. The standard InChI is InChI=1S/C22H25N5O3/c1-26(14-17-12-16-5-3-4-6-19(16)27(17)2)20(29)8-7-15-11-18(21(23)25-13-15)22(30)24-9-10-28/h3-8,11-13,28H,9-10,14H2,1-2H3,(H2,23,25)(H,24,30)/b8-7+. The van der Waals surface area contributed by atoms with Gasteiger partial charge in [-0.25, -0.2) is 4.98 Å². The summed E-state index contributed by atoms with van der Waals surface area (Å²) in [7, 11) is 3.72. The van der Waals surface area contributed by atoms with Gasteiger partial charge in [0.15, 0.2) is 0 Å². The fourth-order valence-electron chi connectivity index (χ4n) is 3.14. The van der Waals surface area contributed by atoms with Crippen molar-refractivity contribution in [2.45, 2.75) is 6.54 Å². The molecule has 0 saturated heterocycles. The van der Waals surface area contributed by atoms with Crippen molar-refractivity contribution in [3.05, 3.63) is 65.5 Å². The van der Waals surface area contributed by atoms with E-state index in [1.54, 1.807) is 24.1 Å². The van der Waals surface area contributed by atoms with Crippen LogP contribution in [0.5, 0.6) is 0 Å². The van der Waals surface area contributed by atoms with Crippen LogP contribution in [0.3, 0.4) is 0 Å². The predicted octanol–water partition coefficient (Wildman–Crippen LogP) is 1.55. The van der Waals surface area contributed by atoms with E-state index >= 15 is 0 Å². The molecule has 4 N–H and O–H groups in total. The highest BCUT2D eigenvalue weighted by molar-refractivity contribution is 5.99. The number of rotatable bonds is 7. The van der Waals surface area contributed by atoms with Gasteiger partial charge in [0, 0.05) is 44.1 Å². The molecule has 2 heterocycles. The molecule has 2 aromatic heterocycles. The Bertz CT molecular complexity index is 1100. The molecule has 3 aromatic rings. The molecule has 0 aliphatic carbocycles. The van der Waals surface area contributed by atoms with Crippen molar-refractivity contribution in [1.29, 1.82) is 0 Å². The van der Waals surface area contributed by atoms with Gasteiger partial charge in [-0.15, -0.1) is 0 Å². The van der Waals surface area contributed by atoms with E-state index in [9.17, 15) is 9.59 Å². The van der Waals surface area contributed by atoms with E-state index in [1.165, 1.54) is 12.3 Å². The van der Waals surface area contributed by atoms with Crippen molar-refractivity contribution in [3.8, 4) is 0 Å². The smallest absolute Gasteiger partial charge is 0.255 e. The Hall–Kier alpha value is -3.65. The highest BCUT2D eigenvalue weighted by Gasteiger charge is 2.12. The molecule has 30 heavy (non-hydrogen) atoms. The number of nitrogens with two attached hydrogens (primary N) is 1. The van der Waals surface area contributed by atoms with Crippen LogP contribution >= 0.6 is 0 Å². The van der Waals surface area contributed by atoms with Gasteiger partial charge in [0.25, 0.3) is 5.91 Å². The Morgan fingerprint density at radius 3 is 2.80 bits per heavy atom. The predicted molar refractivity (Wildman–Crippen MR) is 116 cm³/mol. The number of amides is 2. The van der Waals surface area contributed by atoms with Gasteiger partial charge in [-0.1, -0.05) is 18.2 Å². The number of aliphatic hydroxyl groups excluding tert-OH is 1. The summed E-state index contributed by atoms with van der Waals surface area (Å²) in [6.45, 7) is 0.412. The SMILES string of the molecule is CN(Cc1cc2ccccc2n1C)C(=O)/C=C/c1cnc(N)c(C(=O)NCCO)c1. The van der Waals surface area contributed by atoms with Crippen LogP contribution in [0.25, 0.3) is 17.0 Å². The zero-order valence-electron chi connectivity index (χ0n) is 17.0. The van der Waals surface area contributed by atoms with E-state index in [2.05, 4.69) is 20.9 Å². The van der Waals surface area contributed by atoms with E-state index in [0.717, 1.165) is 16.6 Å². The fourth-order valence-corrected chi connectivity index (χ4v) is 3.14. The van der Waals surface area contributed by atoms with Crippen LogP contribution in [0, 0.1) is 0 Å². The lowest BCUT2D eigenvalue weighted by molar-refractivity contribution is -0.125. The van der Waals surface area contributed by atoms with E-state index in [0.29, 0.717) is 12.1 Å². The van der Waals surface area contributed by atoms with Crippen molar-refractivity contribution in [2.24, 2.45) is 7.05 Å². The van der Waals surface area contributed by atoms with Crippen LogP contribution in [0.4, 0.5) is 5.82 Å².